The van der Waals surface area contributed by atoms with Crippen molar-refractivity contribution in [1.82, 2.24) is 9.38 Å². The minimum Gasteiger partial charge on any atom is -0.506 e. The summed E-state index contributed by atoms with van der Waals surface area (Å²) >= 11 is 6.11. The molecule has 2 heterocycles. The normalized spacial score (nSPS) is 11.0. The lowest BCUT2D eigenvalue weighted by Gasteiger charge is -2.12. The summed E-state index contributed by atoms with van der Waals surface area (Å²) in [5, 5.41) is 21.1. The topological polar surface area (TPSA) is 61.3 Å². The molecule has 0 bridgehead atoms. The second-order valence-corrected chi connectivity index (χ2v) is 5.60. The van der Waals surface area contributed by atoms with Crippen LogP contribution in [-0.2, 0) is 0 Å². The van der Waals surface area contributed by atoms with Crippen molar-refractivity contribution in [1.29, 1.82) is 5.26 Å². The zero-order chi connectivity index (χ0) is 16.0. The van der Waals surface area contributed by atoms with E-state index < -0.39 is 0 Å². The molecule has 110 valence electrons. The van der Waals surface area contributed by atoms with Gasteiger partial charge in [0, 0.05) is 28.4 Å². The maximum Gasteiger partial charge on any atom is 0.159 e. The SMILES string of the molecule is N#Cc1c(O)c2cccc(-c3cccc(Cl)c3)c2n2ccnc12. The molecule has 0 saturated carbocycles. The summed E-state index contributed by atoms with van der Waals surface area (Å²) in [6, 6.07) is 15.1. The molecular weight excluding hydrogens is 310 g/mol. The Morgan fingerprint density at radius 1 is 1.17 bits per heavy atom. The first-order valence-corrected chi connectivity index (χ1v) is 7.35. The quantitative estimate of drug-likeness (QED) is 0.566. The molecule has 0 saturated heterocycles. The highest BCUT2D eigenvalue weighted by Crippen LogP contribution is 2.37. The van der Waals surface area contributed by atoms with Crippen LogP contribution < -0.4 is 0 Å². The van der Waals surface area contributed by atoms with Crippen molar-refractivity contribution in [2.45, 2.75) is 0 Å². The Morgan fingerprint density at radius 2 is 2.00 bits per heavy atom. The third kappa shape index (κ3) is 1.95. The van der Waals surface area contributed by atoms with E-state index in [4.69, 9.17) is 11.6 Å². The number of hydrogen-bond donors (Lipinski definition) is 1. The van der Waals surface area contributed by atoms with Gasteiger partial charge in [0.2, 0.25) is 0 Å². The summed E-state index contributed by atoms with van der Waals surface area (Å²) in [4.78, 5) is 4.21. The second-order valence-electron chi connectivity index (χ2n) is 5.17. The van der Waals surface area contributed by atoms with Gasteiger partial charge in [0.05, 0.1) is 5.52 Å². The molecule has 0 aliphatic carbocycles. The molecule has 0 amide bonds. The van der Waals surface area contributed by atoms with E-state index in [-0.39, 0.29) is 11.3 Å². The fraction of sp³-hybridized carbons (Fsp3) is 0. The highest BCUT2D eigenvalue weighted by molar-refractivity contribution is 6.30. The minimum atomic E-state index is -0.0509. The zero-order valence-corrected chi connectivity index (χ0v) is 12.6. The zero-order valence-electron chi connectivity index (χ0n) is 11.9. The van der Waals surface area contributed by atoms with E-state index in [0.717, 1.165) is 16.6 Å². The summed E-state index contributed by atoms with van der Waals surface area (Å²) in [6.45, 7) is 0. The number of rotatable bonds is 1. The summed E-state index contributed by atoms with van der Waals surface area (Å²) < 4.78 is 1.82. The van der Waals surface area contributed by atoms with Crippen molar-refractivity contribution >= 4 is 28.2 Å². The number of aromatic hydroxyl groups is 1. The fourth-order valence-corrected chi connectivity index (χ4v) is 3.09. The van der Waals surface area contributed by atoms with Crippen molar-refractivity contribution in [3.63, 3.8) is 0 Å². The Morgan fingerprint density at radius 3 is 2.78 bits per heavy atom. The molecule has 2 aromatic heterocycles. The number of halogens is 1. The van der Waals surface area contributed by atoms with E-state index in [1.54, 1.807) is 18.5 Å². The highest BCUT2D eigenvalue weighted by atomic mass is 35.5. The number of imidazole rings is 1. The molecule has 0 radical (unpaired) electrons. The van der Waals surface area contributed by atoms with Gasteiger partial charge in [0.25, 0.3) is 0 Å². The molecule has 0 unspecified atom stereocenters. The van der Waals surface area contributed by atoms with Crippen molar-refractivity contribution in [3.05, 3.63) is 65.4 Å². The number of nitriles is 1. The number of nitrogens with zero attached hydrogens (tertiary/aromatic N) is 3. The standard InChI is InChI=1S/C18H10ClN3O/c19-12-4-1-3-11(9-12)13-5-2-6-14-16(13)22-8-7-21-18(22)15(10-20)17(14)23/h1-9,23H. The van der Waals surface area contributed by atoms with Crippen LogP contribution in [0.5, 0.6) is 5.75 Å². The summed E-state index contributed by atoms with van der Waals surface area (Å²) in [7, 11) is 0. The van der Waals surface area contributed by atoms with Crippen LogP contribution in [0, 0.1) is 11.3 Å². The Hall–Kier alpha value is -3.03. The van der Waals surface area contributed by atoms with E-state index in [1.165, 1.54) is 0 Å². The average molecular weight is 320 g/mol. The lowest BCUT2D eigenvalue weighted by molar-refractivity contribution is 0.480. The first kappa shape index (κ1) is 13.6. The molecule has 5 heteroatoms. The van der Waals surface area contributed by atoms with Gasteiger partial charge in [-0.15, -0.1) is 0 Å². The monoisotopic (exact) mass is 319 g/mol. The maximum atomic E-state index is 10.5. The lowest BCUT2D eigenvalue weighted by atomic mass is 10.0. The van der Waals surface area contributed by atoms with Gasteiger partial charge in [0.1, 0.15) is 17.4 Å². The number of benzene rings is 2. The molecule has 0 fully saturated rings. The lowest BCUT2D eigenvalue weighted by Crippen LogP contribution is -1.95. The fourth-order valence-electron chi connectivity index (χ4n) is 2.90. The van der Waals surface area contributed by atoms with Crippen LogP contribution in [0.3, 0.4) is 0 Å². The van der Waals surface area contributed by atoms with Gasteiger partial charge in [-0.3, -0.25) is 4.40 Å². The van der Waals surface area contributed by atoms with E-state index >= 15 is 0 Å². The van der Waals surface area contributed by atoms with E-state index in [2.05, 4.69) is 4.98 Å². The van der Waals surface area contributed by atoms with Crippen molar-refractivity contribution in [2.75, 3.05) is 0 Å². The van der Waals surface area contributed by atoms with Crippen LogP contribution in [0.25, 0.3) is 27.7 Å². The Balaban J connectivity index is 2.22. The van der Waals surface area contributed by atoms with Gasteiger partial charge in [-0.1, -0.05) is 35.9 Å². The number of para-hydroxylation sites is 1. The smallest absolute Gasteiger partial charge is 0.159 e. The van der Waals surface area contributed by atoms with Crippen LogP contribution in [-0.4, -0.2) is 14.5 Å². The molecule has 0 aliphatic heterocycles. The maximum absolute atomic E-state index is 10.5. The van der Waals surface area contributed by atoms with Crippen LogP contribution in [0.2, 0.25) is 5.02 Å². The summed E-state index contributed by atoms with van der Waals surface area (Å²) in [5.41, 5.74) is 3.24. The second kappa shape index (κ2) is 5.01. The Labute approximate surface area is 136 Å². The van der Waals surface area contributed by atoms with Crippen molar-refractivity contribution in [2.24, 2.45) is 0 Å². The van der Waals surface area contributed by atoms with Gasteiger partial charge in [-0.2, -0.15) is 5.26 Å². The van der Waals surface area contributed by atoms with E-state index in [0.29, 0.717) is 16.1 Å². The van der Waals surface area contributed by atoms with Gasteiger partial charge >= 0.3 is 0 Å². The van der Waals surface area contributed by atoms with Gasteiger partial charge in [-0.25, -0.2) is 4.98 Å². The summed E-state index contributed by atoms with van der Waals surface area (Å²) in [5.74, 6) is -0.0509. The molecule has 23 heavy (non-hydrogen) atoms. The average Bonchev–Trinajstić information content (AvgIpc) is 3.04. The van der Waals surface area contributed by atoms with Gasteiger partial charge in [0.15, 0.2) is 5.65 Å². The van der Waals surface area contributed by atoms with Gasteiger partial charge < -0.3 is 5.11 Å². The van der Waals surface area contributed by atoms with Crippen LogP contribution in [0.4, 0.5) is 0 Å². The summed E-state index contributed by atoms with van der Waals surface area (Å²) in [6.07, 6.45) is 3.40. The molecule has 4 nitrogen and oxygen atoms in total. The predicted octanol–water partition coefficient (Wildman–Crippen LogP) is 4.39. The van der Waals surface area contributed by atoms with Crippen molar-refractivity contribution < 1.29 is 5.11 Å². The number of hydrogen-bond acceptors (Lipinski definition) is 3. The molecule has 0 spiro atoms. The molecule has 0 aliphatic rings. The predicted molar refractivity (Wildman–Crippen MR) is 89.5 cm³/mol. The van der Waals surface area contributed by atoms with E-state index in [9.17, 15) is 10.4 Å². The molecule has 4 rings (SSSR count). The first-order valence-electron chi connectivity index (χ1n) is 6.97. The number of aromatic nitrogens is 2. The minimum absolute atomic E-state index is 0.0509. The number of pyridine rings is 1. The third-order valence-corrected chi connectivity index (χ3v) is 4.12. The van der Waals surface area contributed by atoms with Crippen LogP contribution in [0.15, 0.2) is 54.9 Å². The molecule has 1 N–H and O–H groups in total. The van der Waals surface area contributed by atoms with Gasteiger partial charge in [-0.05, 0) is 23.8 Å². The Bertz CT molecular complexity index is 1110. The first-order chi connectivity index (χ1) is 11.2. The molecule has 0 atom stereocenters. The van der Waals surface area contributed by atoms with Crippen LogP contribution >= 0.6 is 11.6 Å². The molecular formula is C18H10ClN3O. The highest BCUT2D eigenvalue weighted by Gasteiger charge is 2.17. The van der Waals surface area contributed by atoms with E-state index in [1.807, 2.05) is 46.9 Å². The van der Waals surface area contributed by atoms with Crippen molar-refractivity contribution in [3.8, 4) is 22.9 Å². The Kier molecular flexibility index (Phi) is 2.97. The third-order valence-electron chi connectivity index (χ3n) is 3.88. The number of fused-ring (bicyclic) bond motifs is 3. The molecule has 4 aromatic rings. The van der Waals surface area contributed by atoms with Crippen LogP contribution in [0.1, 0.15) is 5.56 Å². The largest absolute Gasteiger partial charge is 0.506 e. The molecule has 2 aromatic carbocycles.